The highest BCUT2D eigenvalue weighted by molar-refractivity contribution is 5.81. The lowest BCUT2D eigenvalue weighted by Gasteiger charge is -2.32. The van der Waals surface area contributed by atoms with Gasteiger partial charge in [0.25, 0.3) is 0 Å². The van der Waals surface area contributed by atoms with Crippen molar-refractivity contribution in [2.75, 3.05) is 20.2 Å². The molecule has 2 fully saturated rings. The third kappa shape index (κ3) is 3.98. The molecule has 1 saturated heterocycles. The van der Waals surface area contributed by atoms with Gasteiger partial charge in [0, 0.05) is 12.1 Å². The van der Waals surface area contributed by atoms with E-state index < -0.39 is 5.54 Å². The monoisotopic (exact) mass is 296 g/mol. The first-order valence-corrected chi connectivity index (χ1v) is 8.57. The smallest absolute Gasteiger partial charge is 0.326 e. The molecule has 122 valence electrons. The maximum atomic E-state index is 12.3. The predicted octanol–water partition coefficient (Wildman–Crippen LogP) is 2.57. The summed E-state index contributed by atoms with van der Waals surface area (Å²) in [4.78, 5) is 14.9. The van der Waals surface area contributed by atoms with E-state index in [2.05, 4.69) is 31.0 Å². The summed E-state index contributed by atoms with van der Waals surface area (Å²) in [6, 6.07) is 0.827. The molecule has 1 N–H and O–H groups in total. The number of hydrogen-bond donors (Lipinski definition) is 1. The van der Waals surface area contributed by atoms with Crippen LogP contribution in [0, 0.1) is 5.92 Å². The molecule has 1 aliphatic heterocycles. The minimum atomic E-state index is -0.467. The Morgan fingerprint density at radius 3 is 2.71 bits per heavy atom. The lowest BCUT2D eigenvalue weighted by Crippen LogP contribution is -2.54. The molecule has 21 heavy (non-hydrogen) atoms. The van der Waals surface area contributed by atoms with Crippen molar-refractivity contribution in [3.63, 3.8) is 0 Å². The van der Waals surface area contributed by atoms with Crippen LogP contribution in [0.3, 0.4) is 0 Å². The number of carbonyl (C=O) groups is 1. The van der Waals surface area contributed by atoms with Crippen LogP contribution in [0.5, 0.6) is 0 Å². The molecule has 2 rings (SSSR count). The molecule has 1 heterocycles. The average molecular weight is 296 g/mol. The van der Waals surface area contributed by atoms with Crippen LogP contribution in [0.4, 0.5) is 0 Å². The molecule has 0 aromatic heterocycles. The number of ether oxygens (including phenoxy) is 1. The van der Waals surface area contributed by atoms with Gasteiger partial charge in [-0.1, -0.05) is 6.92 Å². The van der Waals surface area contributed by atoms with E-state index in [4.69, 9.17) is 4.74 Å². The molecule has 0 amide bonds. The fraction of sp³-hybridized carbons (Fsp3) is 0.941. The fourth-order valence-corrected chi connectivity index (χ4v) is 4.10. The molecule has 0 aromatic carbocycles. The lowest BCUT2D eigenvalue weighted by molar-refractivity contribution is -0.149. The van der Waals surface area contributed by atoms with Crippen molar-refractivity contribution in [3.8, 4) is 0 Å². The van der Waals surface area contributed by atoms with Gasteiger partial charge in [-0.15, -0.1) is 0 Å². The van der Waals surface area contributed by atoms with Crippen LogP contribution in [0.15, 0.2) is 0 Å². The molecule has 0 bridgehead atoms. The molecule has 2 aliphatic rings. The van der Waals surface area contributed by atoms with Crippen LogP contribution in [0.25, 0.3) is 0 Å². The Bertz CT molecular complexity index is 359. The molecule has 1 saturated carbocycles. The van der Waals surface area contributed by atoms with E-state index in [0.717, 1.165) is 25.2 Å². The maximum Gasteiger partial charge on any atom is 0.326 e. The molecular formula is C17H32N2O2. The van der Waals surface area contributed by atoms with Crippen molar-refractivity contribution in [2.24, 2.45) is 5.92 Å². The van der Waals surface area contributed by atoms with Crippen LogP contribution in [-0.2, 0) is 9.53 Å². The minimum Gasteiger partial charge on any atom is -0.468 e. The van der Waals surface area contributed by atoms with E-state index in [1.54, 1.807) is 0 Å². The highest BCUT2D eigenvalue weighted by atomic mass is 16.5. The van der Waals surface area contributed by atoms with Gasteiger partial charge in [0.2, 0.25) is 0 Å². The number of hydrogen-bond acceptors (Lipinski definition) is 4. The number of rotatable bonds is 4. The first kappa shape index (κ1) is 16.8. The van der Waals surface area contributed by atoms with E-state index in [1.807, 2.05) is 0 Å². The highest BCUT2D eigenvalue weighted by Crippen LogP contribution is 2.36. The molecular weight excluding hydrogens is 264 g/mol. The van der Waals surface area contributed by atoms with Crippen molar-refractivity contribution in [3.05, 3.63) is 0 Å². The number of carbonyl (C=O) groups excluding carboxylic acids is 1. The molecule has 0 radical (unpaired) electrons. The van der Waals surface area contributed by atoms with Crippen molar-refractivity contribution in [2.45, 2.75) is 76.9 Å². The summed E-state index contributed by atoms with van der Waals surface area (Å²) in [5.41, 5.74) is -0.467. The molecule has 4 heteroatoms. The molecule has 3 atom stereocenters. The molecule has 4 nitrogen and oxygen atoms in total. The van der Waals surface area contributed by atoms with Crippen LogP contribution in [0.1, 0.15) is 59.3 Å². The van der Waals surface area contributed by atoms with Gasteiger partial charge in [0.15, 0.2) is 0 Å². The van der Waals surface area contributed by atoms with Gasteiger partial charge in [-0.3, -0.25) is 10.1 Å². The molecule has 0 aromatic rings. The van der Waals surface area contributed by atoms with Crippen molar-refractivity contribution < 1.29 is 9.53 Å². The SMILES string of the molecule is COC(=O)C1(NC(C)C)CCC(N2CCCC(C)CC2)C1. The van der Waals surface area contributed by atoms with Gasteiger partial charge in [-0.2, -0.15) is 0 Å². The van der Waals surface area contributed by atoms with Crippen LogP contribution < -0.4 is 5.32 Å². The van der Waals surface area contributed by atoms with Gasteiger partial charge in [0.1, 0.15) is 5.54 Å². The van der Waals surface area contributed by atoms with E-state index in [1.165, 1.54) is 39.5 Å². The summed E-state index contributed by atoms with van der Waals surface area (Å²) in [5, 5.41) is 3.50. The van der Waals surface area contributed by atoms with Crippen molar-refractivity contribution in [1.82, 2.24) is 10.2 Å². The Morgan fingerprint density at radius 1 is 1.29 bits per heavy atom. The lowest BCUT2D eigenvalue weighted by atomic mass is 9.96. The average Bonchev–Trinajstić information content (AvgIpc) is 2.73. The summed E-state index contributed by atoms with van der Waals surface area (Å²) in [7, 11) is 1.51. The zero-order valence-corrected chi connectivity index (χ0v) is 14.2. The second-order valence-electron chi connectivity index (χ2n) is 7.34. The Hall–Kier alpha value is -0.610. The Kier molecular flexibility index (Phi) is 5.67. The van der Waals surface area contributed by atoms with E-state index in [9.17, 15) is 4.79 Å². The Morgan fingerprint density at radius 2 is 2.05 bits per heavy atom. The van der Waals surface area contributed by atoms with E-state index in [0.29, 0.717) is 12.1 Å². The second-order valence-corrected chi connectivity index (χ2v) is 7.34. The quantitative estimate of drug-likeness (QED) is 0.810. The maximum absolute atomic E-state index is 12.3. The largest absolute Gasteiger partial charge is 0.468 e. The summed E-state index contributed by atoms with van der Waals surface area (Å²) >= 11 is 0. The van der Waals surface area contributed by atoms with Crippen molar-refractivity contribution >= 4 is 5.97 Å². The standard InChI is InChI=1S/C17H32N2O2/c1-13(2)18-17(16(20)21-4)9-7-15(12-17)19-10-5-6-14(3)8-11-19/h13-15,18H,5-12H2,1-4H3. The van der Waals surface area contributed by atoms with Crippen LogP contribution in [0.2, 0.25) is 0 Å². The zero-order valence-electron chi connectivity index (χ0n) is 14.2. The summed E-state index contributed by atoms with van der Waals surface area (Å²) in [5.74, 6) is 0.762. The number of nitrogens with zero attached hydrogens (tertiary/aromatic N) is 1. The Balaban J connectivity index is 2.03. The van der Waals surface area contributed by atoms with Gasteiger partial charge < -0.3 is 9.64 Å². The molecule has 0 spiro atoms. The predicted molar refractivity (Wildman–Crippen MR) is 85.2 cm³/mol. The van der Waals surface area contributed by atoms with Gasteiger partial charge >= 0.3 is 5.97 Å². The third-order valence-corrected chi connectivity index (χ3v) is 5.20. The summed E-state index contributed by atoms with van der Waals surface area (Å²) < 4.78 is 5.10. The van der Waals surface area contributed by atoms with Crippen molar-refractivity contribution in [1.29, 1.82) is 0 Å². The zero-order chi connectivity index (χ0) is 15.5. The molecule has 1 aliphatic carbocycles. The first-order valence-electron chi connectivity index (χ1n) is 8.57. The first-order chi connectivity index (χ1) is 9.97. The van der Waals surface area contributed by atoms with Gasteiger partial charge in [-0.05, 0) is 71.4 Å². The number of likely N-dealkylation sites (tertiary alicyclic amines) is 1. The summed E-state index contributed by atoms with van der Waals surface area (Å²) in [6.45, 7) is 8.94. The normalized spacial score (nSPS) is 34.9. The number of nitrogens with one attached hydrogen (secondary N) is 1. The minimum absolute atomic E-state index is 0.0816. The number of esters is 1. The van der Waals surface area contributed by atoms with E-state index >= 15 is 0 Å². The third-order valence-electron chi connectivity index (χ3n) is 5.20. The van der Waals surface area contributed by atoms with Gasteiger partial charge in [0.05, 0.1) is 7.11 Å². The highest BCUT2D eigenvalue weighted by Gasteiger charge is 2.47. The topological polar surface area (TPSA) is 41.6 Å². The fourth-order valence-electron chi connectivity index (χ4n) is 4.10. The van der Waals surface area contributed by atoms with Gasteiger partial charge in [-0.25, -0.2) is 0 Å². The summed E-state index contributed by atoms with van der Waals surface area (Å²) in [6.07, 6.45) is 6.82. The number of methoxy groups -OCH3 is 1. The second kappa shape index (κ2) is 7.10. The molecule has 3 unspecified atom stereocenters. The van der Waals surface area contributed by atoms with Crippen LogP contribution in [-0.4, -0.2) is 48.7 Å². The Labute approximate surface area is 129 Å². The van der Waals surface area contributed by atoms with E-state index in [-0.39, 0.29) is 5.97 Å². The van der Waals surface area contributed by atoms with Crippen LogP contribution >= 0.6 is 0 Å².